The molecule has 1 aromatic heterocycles. The van der Waals surface area contributed by atoms with Crippen LogP contribution < -0.4 is 5.32 Å². The summed E-state index contributed by atoms with van der Waals surface area (Å²) in [6.07, 6.45) is 7.57. The van der Waals surface area contributed by atoms with E-state index in [1.807, 2.05) is 0 Å². The lowest BCUT2D eigenvalue weighted by atomic mass is 9.85. The molecule has 0 amide bonds. The van der Waals surface area contributed by atoms with Crippen molar-refractivity contribution in [3.8, 4) is 0 Å². The molecule has 0 atom stereocenters. The smallest absolute Gasteiger partial charge is 0.144 e. The Morgan fingerprint density at radius 2 is 2.23 bits per heavy atom. The standard InChI is InChI=1S/C9H12BrN3/c10-8-5-13-9(6-11-8)12-4-7-2-1-3-7/h5-7H,1-4H2,(H,12,13). The number of halogens is 1. The van der Waals surface area contributed by atoms with E-state index in [1.165, 1.54) is 19.3 Å². The van der Waals surface area contributed by atoms with Gasteiger partial charge in [-0.05, 0) is 34.7 Å². The van der Waals surface area contributed by atoms with Gasteiger partial charge < -0.3 is 5.32 Å². The summed E-state index contributed by atoms with van der Waals surface area (Å²) < 4.78 is 0.779. The first kappa shape index (κ1) is 8.94. The molecule has 1 N–H and O–H groups in total. The Bertz CT molecular complexity index is 269. The van der Waals surface area contributed by atoms with Crippen molar-refractivity contribution in [2.24, 2.45) is 5.92 Å². The molecule has 1 heterocycles. The maximum atomic E-state index is 4.19. The fourth-order valence-electron chi connectivity index (χ4n) is 1.35. The van der Waals surface area contributed by atoms with Gasteiger partial charge in [0, 0.05) is 6.54 Å². The molecule has 3 nitrogen and oxygen atoms in total. The number of hydrogen-bond acceptors (Lipinski definition) is 3. The molecule has 4 heteroatoms. The summed E-state index contributed by atoms with van der Waals surface area (Å²) in [5, 5.41) is 3.28. The molecule has 0 bridgehead atoms. The highest BCUT2D eigenvalue weighted by atomic mass is 79.9. The van der Waals surface area contributed by atoms with Crippen LogP contribution in [0.2, 0.25) is 0 Å². The SMILES string of the molecule is Brc1cnc(NCC2CCC2)cn1. The van der Waals surface area contributed by atoms with Gasteiger partial charge in [0.05, 0.1) is 12.4 Å². The Balaban J connectivity index is 1.83. The largest absolute Gasteiger partial charge is 0.369 e. The van der Waals surface area contributed by atoms with Gasteiger partial charge in [-0.3, -0.25) is 0 Å². The molecule has 0 spiro atoms. The molecular formula is C9H12BrN3. The number of nitrogens with one attached hydrogen (secondary N) is 1. The summed E-state index contributed by atoms with van der Waals surface area (Å²) >= 11 is 3.25. The third kappa shape index (κ3) is 2.40. The van der Waals surface area contributed by atoms with E-state index < -0.39 is 0 Å². The van der Waals surface area contributed by atoms with Gasteiger partial charge in [0.25, 0.3) is 0 Å². The number of hydrogen-bond donors (Lipinski definition) is 1. The second kappa shape index (κ2) is 4.05. The molecule has 1 fully saturated rings. The third-order valence-electron chi connectivity index (χ3n) is 2.42. The number of anilines is 1. The van der Waals surface area contributed by atoms with Gasteiger partial charge in [-0.1, -0.05) is 6.42 Å². The summed E-state index contributed by atoms with van der Waals surface area (Å²) in [6.45, 7) is 1.04. The molecule has 1 aliphatic carbocycles. The van der Waals surface area contributed by atoms with Gasteiger partial charge in [0.15, 0.2) is 0 Å². The van der Waals surface area contributed by atoms with Crippen LogP contribution >= 0.6 is 15.9 Å². The van der Waals surface area contributed by atoms with Crippen molar-refractivity contribution in [3.05, 3.63) is 17.0 Å². The lowest BCUT2D eigenvalue weighted by molar-refractivity contribution is 0.333. The van der Waals surface area contributed by atoms with Crippen LogP contribution in [0.3, 0.4) is 0 Å². The number of rotatable bonds is 3. The zero-order chi connectivity index (χ0) is 9.10. The molecule has 0 saturated heterocycles. The average molecular weight is 242 g/mol. The van der Waals surface area contributed by atoms with Crippen molar-refractivity contribution in [2.45, 2.75) is 19.3 Å². The lowest BCUT2D eigenvalue weighted by Crippen LogP contribution is -2.21. The highest BCUT2D eigenvalue weighted by molar-refractivity contribution is 9.10. The molecule has 0 aromatic carbocycles. The Morgan fingerprint density at radius 1 is 1.38 bits per heavy atom. The van der Waals surface area contributed by atoms with E-state index in [2.05, 4.69) is 31.2 Å². The van der Waals surface area contributed by atoms with E-state index in [-0.39, 0.29) is 0 Å². The van der Waals surface area contributed by atoms with Crippen LogP contribution in [0.25, 0.3) is 0 Å². The van der Waals surface area contributed by atoms with E-state index in [9.17, 15) is 0 Å². The molecule has 0 aliphatic heterocycles. The van der Waals surface area contributed by atoms with Crippen molar-refractivity contribution in [1.82, 2.24) is 9.97 Å². The van der Waals surface area contributed by atoms with Gasteiger partial charge in [-0.15, -0.1) is 0 Å². The molecular weight excluding hydrogens is 230 g/mol. The monoisotopic (exact) mass is 241 g/mol. The Labute approximate surface area is 86.1 Å². The minimum absolute atomic E-state index is 0.779. The van der Waals surface area contributed by atoms with Crippen LogP contribution in [0.1, 0.15) is 19.3 Å². The predicted molar refractivity (Wildman–Crippen MR) is 55.6 cm³/mol. The molecule has 1 saturated carbocycles. The number of nitrogens with zero attached hydrogens (tertiary/aromatic N) is 2. The highest BCUT2D eigenvalue weighted by Crippen LogP contribution is 2.26. The second-order valence-electron chi connectivity index (χ2n) is 3.40. The third-order valence-corrected chi connectivity index (χ3v) is 2.83. The summed E-state index contributed by atoms with van der Waals surface area (Å²) in [5.41, 5.74) is 0. The Morgan fingerprint density at radius 3 is 2.77 bits per heavy atom. The summed E-state index contributed by atoms with van der Waals surface area (Å²) in [5.74, 6) is 1.72. The van der Waals surface area contributed by atoms with Crippen LogP contribution in [0, 0.1) is 5.92 Å². The molecule has 1 aliphatic rings. The summed E-state index contributed by atoms with van der Waals surface area (Å²) in [6, 6.07) is 0. The quantitative estimate of drug-likeness (QED) is 0.884. The van der Waals surface area contributed by atoms with Crippen molar-refractivity contribution in [1.29, 1.82) is 0 Å². The normalized spacial score (nSPS) is 16.7. The van der Waals surface area contributed by atoms with E-state index in [1.54, 1.807) is 12.4 Å². The van der Waals surface area contributed by atoms with Crippen molar-refractivity contribution in [3.63, 3.8) is 0 Å². The first-order valence-corrected chi connectivity index (χ1v) is 5.35. The van der Waals surface area contributed by atoms with E-state index in [0.717, 1.165) is 22.9 Å². The van der Waals surface area contributed by atoms with E-state index >= 15 is 0 Å². The van der Waals surface area contributed by atoms with Gasteiger partial charge in [0.2, 0.25) is 0 Å². The Hall–Kier alpha value is -0.640. The molecule has 70 valence electrons. The first-order chi connectivity index (χ1) is 6.34. The maximum absolute atomic E-state index is 4.19. The van der Waals surface area contributed by atoms with Gasteiger partial charge in [-0.2, -0.15) is 0 Å². The van der Waals surface area contributed by atoms with Crippen LogP contribution in [0.4, 0.5) is 5.82 Å². The van der Waals surface area contributed by atoms with Gasteiger partial charge >= 0.3 is 0 Å². The molecule has 1 aromatic rings. The van der Waals surface area contributed by atoms with Crippen LogP contribution in [0.5, 0.6) is 0 Å². The molecule has 13 heavy (non-hydrogen) atoms. The first-order valence-electron chi connectivity index (χ1n) is 4.56. The Kier molecular flexibility index (Phi) is 2.78. The molecule has 0 radical (unpaired) electrons. The van der Waals surface area contributed by atoms with Crippen LogP contribution in [-0.2, 0) is 0 Å². The zero-order valence-corrected chi connectivity index (χ0v) is 8.92. The fourth-order valence-corrected chi connectivity index (χ4v) is 1.55. The minimum Gasteiger partial charge on any atom is -0.369 e. The second-order valence-corrected chi connectivity index (χ2v) is 4.21. The zero-order valence-electron chi connectivity index (χ0n) is 7.33. The molecule has 2 rings (SSSR count). The fraction of sp³-hybridized carbons (Fsp3) is 0.556. The van der Waals surface area contributed by atoms with Crippen LogP contribution in [-0.4, -0.2) is 16.5 Å². The van der Waals surface area contributed by atoms with E-state index in [4.69, 9.17) is 0 Å². The highest BCUT2D eigenvalue weighted by Gasteiger charge is 2.16. The van der Waals surface area contributed by atoms with Gasteiger partial charge in [-0.25, -0.2) is 9.97 Å². The minimum atomic E-state index is 0.779. The number of aromatic nitrogens is 2. The maximum Gasteiger partial charge on any atom is 0.144 e. The van der Waals surface area contributed by atoms with Crippen molar-refractivity contribution < 1.29 is 0 Å². The van der Waals surface area contributed by atoms with E-state index in [0.29, 0.717) is 0 Å². The topological polar surface area (TPSA) is 37.8 Å². The average Bonchev–Trinajstić information content (AvgIpc) is 2.05. The lowest BCUT2D eigenvalue weighted by Gasteiger charge is -2.25. The van der Waals surface area contributed by atoms with Crippen LogP contribution in [0.15, 0.2) is 17.0 Å². The van der Waals surface area contributed by atoms with Gasteiger partial charge in [0.1, 0.15) is 10.4 Å². The van der Waals surface area contributed by atoms with Crippen molar-refractivity contribution >= 4 is 21.7 Å². The predicted octanol–water partition coefficient (Wildman–Crippen LogP) is 2.45. The summed E-state index contributed by atoms with van der Waals surface area (Å²) in [4.78, 5) is 8.28. The molecule has 0 unspecified atom stereocenters. The van der Waals surface area contributed by atoms with Crippen molar-refractivity contribution in [2.75, 3.05) is 11.9 Å². The summed E-state index contributed by atoms with van der Waals surface area (Å²) in [7, 11) is 0.